The van der Waals surface area contributed by atoms with Crippen molar-refractivity contribution in [3.8, 4) is 6.07 Å². The predicted octanol–water partition coefficient (Wildman–Crippen LogP) is 3.46. The number of benzene rings is 1. The fraction of sp³-hybridized carbons (Fsp3) is 0.533. The Morgan fingerprint density at radius 1 is 1.42 bits per heavy atom. The van der Waals surface area contributed by atoms with E-state index in [1.165, 1.54) is 32.5 Å². The highest BCUT2D eigenvalue weighted by Crippen LogP contribution is 2.25. The van der Waals surface area contributed by atoms with Gasteiger partial charge in [-0.1, -0.05) is 6.92 Å². The molecule has 102 valence electrons. The molecule has 4 heteroatoms. The number of nitrogens with one attached hydrogen (secondary N) is 1. The summed E-state index contributed by atoms with van der Waals surface area (Å²) < 4.78 is 0.970. The number of nitrogens with zero attached hydrogens (tertiary/aromatic N) is 2. The predicted molar refractivity (Wildman–Crippen MR) is 82.2 cm³/mol. The molecule has 0 unspecified atom stereocenters. The van der Waals surface area contributed by atoms with Crippen molar-refractivity contribution in [3.63, 3.8) is 0 Å². The molecule has 0 spiro atoms. The maximum absolute atomic E-state index is 8.84. The number of anilines is 1. The molecule has 0 radical (unpaired) electrons. The zero-order valence-electron chi connectivity index (χ0n) is 11.3. The molecule has 0 saturated carbocycles. The Morgan fingerprint density at radius 3 is 2.74 bits per heavy atom. The van der Waals surface area contributed by atoms with Gasteiger partial charge in [-0.05, 0) is 72.5 Å². The summed E-state index contributed by atoms with van der Waals surface area (Å²) in [5.41, 5.74) is 1.77. The first kappa shape index (κ1) is 14.4. The minimum absolute atomic E-state index is 0.689. The van der Waals surface area contributed by atoms with Crippen LogP contribution >= 0.6 is 15.9 Å². The monoisotopic (exact) mass is 321 g/mol. The second kappa shape index (κ2) is 6.93. The molecule has 1 fully saturated rings. The second-order valence-electron chi connectivity index (χ2n) is 5.06. The van der Waals surface area contributed by atoms with Crippen LogP contribution in [0, 0.1) is 17.2 Å². The van der Waals surface area contributed by atoms with Gasteiger partial charge in [0.25, 0.3) is 0 Å². The summed E-state index contributed by atoms with van der Waals surface area (Å²) in [5, 5.41) is 12.3. The van der Waals surface area contributed by atoms with Gasteiger partial charge in [0.15, 0.2) is 0 Å². The molecular weight excluding hydrogens is 302 g/mol. The first-order valence-electron chi connectivity index (χ1n) is 6.88. The SMILES string of the molecule is CCN1CCC(CNc2ccc(C#N)cc2Br)CC1. The van der Waals surface area contributed by atoms with E-state index in [9.17, 15) is 0 Å². The fourth-order valence-corrected chi connectivity index (χ4v) is 3.01. The van der Waals surface area contributed by atoms with E-state index in [0.717, 1.165) is 22.6 Å². The van der Waals surface area contributed by atoms with Crippen molar-refractivity contribution in [1.82, 2.24) is 4.90 Å². The average molecular weight is 322 g/mol. The number of nitriles is 1. The second-order valence-corrected chi connectivity index (χ2v) is 5.92. The highest BCUT2D eigenvalue weighted by molar-refractivity contribution is 9.10. The molecule has 0 bridgehead atoms. The Kier molecular flexibility index (Phi) is 5.24. The van der Waals surface area contributed by atoms with Gasteiger partial charge in [-0.2, -0.15) is 5.26 Å². The van der Waals surface area contributed by atoms with E-state index >= 15 is 0 Å². The Hall–Kier alpha value is -1.05. The van der Waals surface area contributed by atoms with E-state index in [2.05, 4.69) is 39.1 Å². The number of rotatable bonds is 4. The molecule has 1 aromatic rings. The third-order valence-electron chi connectivity index (χ3n) is 3.83. The Balaban J connectivity index is 1.85. The molecule has 0 atom stereocenters. The number of halogens is 1. The highest BCUT2D eigenvalue weighted by Gasteiger charge is 2.17. The summed E-state index contributed by atoms with van der Waals surface area (Å²) in [6.07, 6.45) is 2.55. The molecule has 1 heterocycles. The van der Waals surface area contributed by atoms with Crippen molar-refractivity contribution in [3.05, 3.63) is 28.2 Å². The minimum atomic E-state index is 0.689. The highest BCUT2D eigenvalue weighted by atomic mass is 79.9. The van der Waals surface area contributed by atoms with Gasteiger partial charge >= 0.3 is 0 Å². The lowest BCUT2D eigenvalue weighted by molar-refractivity contribution is 0.198. The van der Waals surface area contributed by atoms with Gasteiger partial charge in [-0.15, -0.1) is 0 Å². The zero-order valence-corrected chi connectivity index (χ0v) is 12.9. The van der Waals surface area contributed by atoms with E-state index in [1.807, 2.05) is 18.2 Å². The maximum Gasteiger partial charge on any atom is 0.0992 e. The largest absolute Gasteiger partial charge is 0.384 e. The summed E-state index contributed by atoms with van der Waals surface area (Å²) in [6, 6.07) is 7.84. The van der Waals surface area contributed by atoms with Crippen LogP contribution in [0.4, 0.5) is 5.69 Å². The van der Waals surface area contributed by atoms with Crippen LogP contribution in [0.25, 0.3) is 0 Å². The lowest BCUT2D eigenvalue weighted by Crippen LogP contribution is -2.35. The first-order valence-corrected chi connectivity index (χ1v) is 7.68. The van der Waals surface area contributed by atoms with Gasteiger partial charge in [0, 0.05) is 16.7 Å². The van der Waals surface area contributed by atoms with Crippen LogP contribution in [0.2, 0.25) is 0 Å². The lowest BCUT2D eigenvalue weighted by Gasteiger charge is -2.31. The number of piperidine rings is 1. The molecule has 2 rings (SSSR count). The quantitative estimate of drug-likeness (QED) is 0.923. The summed E-state index contributed by atoms with van der Waals surface area (Å²) in [6.45, 7) is 6.85. The molecule has 1 aromatic carbocycles. The average Bonchev–Trinajstić information content (AvgIpc) is 2.46. The molecule has 1 N–H and O–H groups in total. The zero-order chi connectivity index (χ0) is 13.7. The van der Waals surface area contributed by atoms with Crippen LogP contribution in [0.1, 0.15) is 25.3 Å². The standard InChI is InChI=1S/C15H20BrN3/c1-2-19-7-5-12(6-8-19)11-18-15-4-3-13(10-17)9-14(15)16/h3-4,9,12,18H,2,5-8,11H2,1H3. The molecule has 0 aromatic heterocycles. The molecule has 19 heavy (non-hydrogen) atoms. The van der Waals surface area contributed by atoms with Gasteiger partial charge in [0.05, 0.1) is 11.6 Å². The molecule has 3 nitrogen and oxygen atoms in total. The molecular formula is C15H20BrN3. The molecule has 1 saturated heterocycles. The third kappa shape index (κ3) is 3.95. The van der Waals surface area contributed by atoms with Crippen LogP contribution in [-0.4, -0.2) is 31.1 Å². The summed E-state index contributed by atoms with van der Waals surface area (Å²) in [5.74, 6) is 0.755. The van der Waals surface area contributed by atoms with E-state index in [0.29, 0.717) is 5.56 Å². The molecule has 1 aliphatic rings. The molecule has 0 amide bonds. The lowest BCUT2D eigenvalue weighted by atomic mass is 9.97. The van der Waals surface area contributed by atoms with Crippen LogP contribution in [0.15, 0.2) is 22.7 Å². The van der Waals surface area contributed by atoms with Gasteiger partial charge in [0.1, 0.15) is 0 Å². The van der Waals surface area contributed by atoms with Crippen molar-refractivity contribution in [2.75, 3.05) is 31.5 Å². The van der Waals surface area contributed by atoms with Crippen molar-refractivity contribution in [2.24, 2.45) is 5.92 Å². The topological polar surface area (TPSA) is 39.1 Å². The smallest absolute Gasteiger partial charge is 0.0992 e. The van der Waals surface area contributed by atoms with E-state index < -0.39 is 0 Å². The number of hydrogen-bond acceptors (Lipinski definition) is 3. The maximum atomic E-state index is 8.84. The fourth-order valence-electron chi connectivity index (χ4n) is 2.49. The van der Waals surface area contributed by atoms with Crippen molar-refractivity contribution in [1.29, 1.82) is 5.26 Å². The Bertz CT molecular complexity index is 459. The summed E-state index contributed by atoms with van der Waals surface area (Å²) >= 11 is 3.51. The van der Waals surface area contributed by atoms with Crippen molar-refractivity contribution in [2.45, 2.75) is 19.8 Å². The van der Waals surface area contributed by atoms with Crippen LogP contribution in [0.5, 0.6) is 0 Å². The Labute approximate surface area is 123 Å². The van der Waals surface area contributed by atoms with Gasteiger partial charge < -0.3 is 10.2 Å². The minimum Gasteiger partial charge on any atom is -0.384 e. The molecule has 1 aliphatic heterocycles. The van der Waals surface area contributed by atoms with Crippen LogP contribution in [0.3, 0.4) is 0 Å². The van der Waals surface area contributed by atoms with E-state index in [-0.39, 0.29) is 0 Å². The van der Waals surface area contributed by atoms with Crippen molar-refractivity contribution < 1.29 is 0 Å². The normalized spacial score (nSPS) is 17.1. The molecule has 0 aliphatic carbocycles. The summed E-state index contributed by atoms with van der Waals surface area (Å²) in [7, 11) is 0. The Morgan fingerprint density at radius 2 is 2.16 bits per heavy atom. The van der Waals surface area contributed by atoms with Crippen LogP contribution < -0.4 is 5.32 Å². The van der Waals surface area contributed by atoms with Crippen molar-refractivity contribution >= 4 is 21.6 Å². The third-order valence-corrected chi connectivity index (χ3v) is 4.49. The van der Waals surface area contributed by atoms with Gasteiger partial charge in [-0.3, -0.25) is 0 Å². The number of likely N-dealkylation sites (tertiary alicyclic amines) is 1. The van der Waals surface area contributed by atoms with E-state index in [4.69, 9.17) is 5.26 Å². The van der Waals surface area contributed by atoms with Crippen LogP contribution in [-0.2, 0) is 0 Å². The number of hydrogen-bond donors (Lipinski definition) is 1. The van der Waals surface area contributed by atoms with E-state index in [1.54, 1.807) is 0 Å². The van der Waals surface area contributed by atoms with Gasteiger partial charge in [-0.25, -0.2) is 0 Å². The summed E-state index contributed by atoms with van der Waals surface area (Å²) in [4.78, 5) is 2.51. The van der Waals surface area contributed by atoms with Gasteiger partial charge in [0.2, 0.25) is 0 Å². The first-order chi connectivity index (χ1) is 9.22.